The smallest absolute Gasteiger partial charge is 0.319 e. The second kappa shape index (κ2) is 5.08. The maximum Gasteiger partial charge on any atom is 0.319 e. The summed E-state index contributed by atoms with van der Waals surface area (Å²) in [7, 11) is 0. The molecule has 5 heteroatoms. The molecular formula is C13H16N2O3. The second-order valence-corrected chi connectivity index (χ2v) is 4.65. The van der Waals surface area contributed by atoms with Crippen LogP contribution in [0.1, 0.15) is 18.9 Å². The molecule has 0 heterocycles. The average Bonchev–Trinajstić information content (AvgIpc) is 2.96. The number of amides is 2. The van der Waals surface area contributed by atoms with Crippen LogP contribution in [-0.2, 0) is 11.2 Å². The molecule has 0 spiro atoms. The lowest BCUT2D eigenvalue weighted by atomic mass is 10.1. The predicted octanol–water partition coefficient (Wildman–Crippen LogP) is 1.84. The fourth-order valence-electron chi connectivity index (χ4n) is 1.81. The van der Waals surface area contributed by atoms with Crippen molar-refractivity contribution in [3.63, 3.8) is 0 Å². The molecule has 2 rings (SSSR count). The van der Waals surface area contributed by atoms with Gasteiger partial charge in [0.25, 0.3) is 0 Å². The Bertz CT molecular complexity index is 473. The number of urea groups is 1. The largest absolute Gasteiger partial charge is 0.481 e. The number of carboxylic acids is 1. The standard InChI is InChI=1S/C13H16N2O3/c1-8-6-11(8)15-13(18)14-10-5-3-2-4-9(10)7-12(16)17/h2-5,8,11H,6-7H2,1H3,(H,16,17)(H2,14,15,18). The van der Waals surface area contributed by atoms with Crippen LogP contribution in [0.4, 0.5) is 10.5 Å². The third kappa shape index (κ3) is 3.23. The van der Waals surface area contributed by atoms with E-state index in [1.807, 2.05) is 0 Å². The van der Waals surface area contributed by atoms with Crippen molar-refractivity contribution in [2.45, 2.75) is 25.8 Å². The minimum Gasteiger partial charge on any atom is -0.481 e. The number of carboxylic acid groups (broad SMARTS) is 1. The Morgan fingerprint density at radius 3 is 2.67 bits per heavy atom. The molecule has 96 valence electrons. The van der Waals surface area contributed by atoms with Crippen molar-refractivity contribution in [2.24, 2.45) is 5.92 Å². The third-order valence-corrected chi connectivity index (χ3v) is 3.03. The summed E-state index contributed by atoms with van der Waals surface area (Å²) >= 11 is 0. The van der Waals surface area contributed by atoms with Gasteiger partial charge in [-0.25, -0.2) is 4.79 Å². The summed E-state index contributed by atoms with van der Waals surface area (Å²) < 4.78 is 0. The minimum atomic E-state index is -0.916. The number of aliphatic carboxylic acids is 1. The van der Waals surface area contributed by atoms with E-state index in [9.17, 15) is 9.59 Å². The molecule has 0 aromatic heterocycles. The molecule has 1 aromatic rings. The summed E-state index contributed by atoms with van der Waals surface area (Å²) in [5, 5.41) is 14.3. The molecule has 1 aliphatic rings. The van der Waals surface area contributed by atoms with Gasteiger partial charge in [0.05, 0.1) is 6.42 Å². The first-order valence-corrected chi connectivity index (χ1v) is 5.93. The van der Waals surface area contributed by atoms with Crippen LogP contribution in [0.3, 0.4) is 0 Å². The molecule has 5 nitrogen and oxygen atoms in total. The number of carbonyl (C=O) groups is 2. The Labute approximate surface area is 105 Å². The van der Waals surface area contributed by atoms with Crippen LogP contribution >= 0.6 is 0 Å². The second-order valence-electron chi connectivity index (χ2n) is 4.65. The van der Waals surface area contributed by atoms with Gasteiger partial charge in [0, 0.05) is 11.7 Å². The fraction of sp³-hybridized carbons (Fsp3) is 0.385. The van der Waals surface area contributed by atoms with Crippen LogP contribution in [0.2, 0.25) is 0 Å². The van der Waals surface area contributed by atoms with Gasteiger partial charge in [-0.2, -0.15) is 0 Å². The number of nitrogens with one attached hydrogen (secondary N) is 2. The minimum absolute atomic E-state index is 0.101. The number of benzene rings is 1. The van der Waals surface area contributed by atoms with E-state index in [2.05, 4.69) is 17.6 Å². The molecule has 3 N–H and O–H groups in total. The summed E-state index contributed by atoms with van der Waals surface area (Å²) in [6, 6.07) is 6.89. The number of hydrogen-bond acceptors (Lipinski definition) is 2. The Morgan fingerprint density at radius 2 is 2.06 bits per heavy atom. The lowest BCUT2D eigenvalue weighted by Crippen LogP contribution is -2.31. The van der Waals surface area contributed by atoms with E-state index in [4.69, 9.17) is 5.11 Å². The van der Waals surface area contributed by atoms with E-state index in [1.54, 1.807) is 24.3 Å². The van der Waals surface area contributed by atoms with Crippen molar-refractivity contribution >= 4 is 17.7 Å². The Hall–Kier alpha value is -2.04. The van der Waals surface area contributed by atoms with Gasteiger partial charge < -0.3 is 15.7 Å². The lowest BCUT2D eigenvalue weighted by Gasteiger charge is -2.10. The Morgan fingerprint density at radius 1 is 1.39 bits per heavy atom. The van der Waals surface area contributed by atoms with Crippen molar-refractivity contribution in [1.82, 2.24) is 5.32 Å². The Kier molecular flexibility index (Phi) is 3.50. The summed E-state index contributed by atoms with van der Waals surface area (Å²) in [6.45, 7) is 2.07. The molecule has 1 saturated carbocycles. The SMILES string of the molecule is CC1CC1NC(=O)Nc1ccccc1CC(=O)O. The first kappa shape index (κ1) is 12.4. The van der Waals surface area contributed by atoms with Crippen LogP contribution in [0.15, 0.2) is 24.3 Å². The molecule has 0 aliphatic heterocycles. The lowest BCUT2D eigenvalue weighted by molar-refractivity contribution is -0.136. The third-order valence-electron chi connectivity index (χ3n) is 3.03. The molecule has 1 aliphatic carbocycles. The predicted molar refractivity (Wildman–Crippen MR) is 67.5 cm³/mol. The first-order chi connectivity index (χ1) is 8.56. The van der Waals surface area contributed by atoms with Crippen LogP contribution in [0.5, 0.6) is 0 Å². The highest BCUT2D eigenvalue weighted by Gasteiger charge is 2.33. The maximum absolute atomic E-state index is 11.7. The molecule has 1 aromatic carbocycles. The molecule has 1 fully saturated rings. The fourth-order valence-corrected chi connectivity index (χ4v) is 1.81. The molecule has 0 radical (unpaired) electrons. The van der Waals surface area contributed by atoms with Gasteiger partial charge in [-0.15, -0.1) is 0 Å². The molecule has 2 amide bonds. The van der Waals surface area contributed by atoms with Gasteiger partial charge in [-0.3, -0.25) is 4.79 Å². The summed E-state index contributed by atoms with van der Waals surface area (Å²) in [5.41, 5.74) is 1.15. The van der Waals surface area contributed by atoms with Gasteiger partial charge in [-0.1, -0.05) is 25.1 Å². The van der Waals surface area contributed by atoms with E-state index < -0.39 is 5.97 Å². The quantitative estimate of drug-likeness (QED) is 0.760. The summed E-state index contributed by atoms with van der Waals surface area (Å²) in [6.07, 6.45) is 0.903. The molecule has 2 atom stereocenters. The van der Waals surface area contributed by atoms with Crippen molar-refractivity contribution < 1.29 is 14.7 Å². The van der Waals surface area contributed by atoms with E-state index >= 15 is 0 Å². The maximum atomic E-state index is 11.7. The van der Waals surface area contributed by atoms with Crippen LogP contribution in [0, 0.1) is 5.92 Å². The highest BCUT2D eigenvalue weighted by Crippen LogP contribution is 2.29. The zero-order chi connectivity index (χ0) is 13.1. The van der Waals surface area contributed by atoms with Crippen molar-refractivity contribution in [2.75, 3.05) is 5.32 Å². The van der Waals surface area contributed by atoms with E-state index in [0.717, 1.165) is 6.42 Å². The van der Waals surface area contributed by atoms with E-state index in [-0.39, 0.29) is 18.5 Å². The molecular weight excluding hydrogens is 232 g/mol. The van der Waals surface area contributed by atoms with Crippen molar-refractivity contribution in [3.05, 3.63) is 29.8 Å². The number of hydrogen-bond donors (Lipinski definition) is 3. The van der Waals surface area contributed by atoms with Gasteiger partial charge in [0.2, 0.25) is 0 Å². The monoisotopic (exact) mass is 248 g/mol. The van der Waals surface area contributed by atoms with Crippen molar-refractivity contribution in [1.29, 1.82) is 0 Å². The first-order valence-electron chi connectivity index (χ1n) is 5.93. The average molecular weight is 248 g/mol. The number of rotatable bonds is 4. The van der Waals surface area contributed by atoms with Gasteiger partial charge in [0.15, 0.2) is 0 Å². The zero-order valence-electron chi connectivity index (χ0n) is 10.1. The van der Waals surface area contributed by atoms with E-state index in [1.165, 1.54) is 0 Å². The summed E-state index contributed by atoms with van der Waals surface area (Å²) in [4.78, 5) is 22.4. The van der Waals surface area contributed by atoms with Gasteiger partial charge >= 0.3 is 12.0 Å². The highest BCUT2D eigenvalue weighted by atomic mass is 16.4. The molecule has 2 unspecified atom stereocenters. The van der Waals surface area contributed by atoms with Gasteiger partial charge in [0.1, 0.15) is 0 Å². The number of anilines is 1. The van der Waals surface area contributed by atoms with Crippen LogP contribution < -0.4 is 10.6 Å². The molecule has 0 bridgehead atoms. The van der Waals surface area contributed by atoms with Crippen LogP contribution in [0.25, 0.3) is 0 Å². The number of carbonyl (C=O) groups excluding carboxylic acids is 1. The Balaban J connectivity index is 1.99. The normalized spacial score (nSPS) is 21.2. The van der Waals surface area contributed by atoms with Gasteiger partial charge in [-0.05, 0) is 24.0 Å². The molecule has 18 heavy (non-hydrogen) atoms. The van der Waals surface area contributed by atoms with E-state index in [0.29, 0.717) is 17.2 Å². The topological polar surface area (TPSA) is 78.4 Å². The van der Waals surface area contributed by atoms with Crippen LogP contribution in [-0.4, -0.2) is 23.1 Å². The number of para-hydroxylation sites is 1. The van der Waals surface area contributed by atoms with Crippen molar-refractivity contribution in [3.8, 4) is 0 Å². The summed E-state index contributed by atoms with van der Waals surface area (Å²) in [5.74, 6) is -0.384. The highest BCUT2D eigenvalue weighted by molar-refractivity contribution is 5.91. The zero-order valence-corrected chi connectivity index (χ0v) is 10.1. The molecule has 0 saturated heterocycles.